The number of aromatic amines is 1. The normalized spacial score (nSPS) is 15.2. The number of hydrogen-bond acceptors (Lipinski definition) is 4. The predicted octanol–water partition coefficient (Wildman–Crippen LogP) is 2.54. The van der Waals surface area contributed by atoms with E-state index in [2.05, 4.69) is 39.5 Å². The Morgan fingerprint density at radius 1 is 1.42 bits per heavy atom. The zero-order valence-electron chi connectivity index (χ0n) is 14.4. The van der Waals surface area contributed by atoms with Crippen molar-refractivity contribution in [2.24, 2.45) is 0 Å². The zero-order chi connectivity index (χ0) is 17.1. The largest absolute Gasteiger partial charge is 0.343 e. The minimum atomic E-state index is -0.0884. The van der Waals surface area contributed by atoms with E-state index in [0.717, 1.165) is 41.3 Å². The van der Waals surface area contributed by atoms with Crippen LogP contribution in [0.3, 0.4) is 0 Å². The molecule has 0 aliphatic carbocycles. The molecule has 0 saturated heterocycles. The van der Waals surface area contributed by atoms with Crippen LogP contribution in [0.25, 0.3) is 0 Å². The Kier molecular flexibility index (Phi) is 5.26. The number of amides is 1. The van der Waals surface area contributed by atoms with E-state index in [9.17, 15) is 4.79 Å². The fourth-order valence-electron chi connectivity index (χ4n) is 3.12. The Balaban J connectivity index is 1.83. The number of carbonyl (C=O) groups is 1. The van der Waals surface area contributed by atoms with Gasteiger partial charge in [-0.1, -0.05) is 24.3 Å². The van der Waals surface area contributed by atoms with Crippen LogP contribution < -0.4 is 5.32 Å². The summed E-state index contributed by atoms with van der Waals surface area (Å²) in [6, 6.07) is 8.15. The average Bonchev–Trinajstić information content (AvgIpc) is 2.98. The Labute approximate surface area is 147 Å². The Hall–Kier alpha value is -1.79. The summed E-state index contributed by atoms with van der Waals surface area (Å²) in [6.45, 7) is 2.83. The number of aromatic nitrogens is 2. The molecule has 1 aliphatic heterocycles. The first-order valence-electron chi connectivity index (χ1n) is 8.21. The van der Waals surface area contributed by atoms with Crippen molar-refractivity contribution in [2.45, 2.75) is 25.1 Å². The van der Waals surface area contributed by atoms with E-state index in [0.29, 0.717) is 5.69 Å². The van der Waals surface area contributed by atoms with E-state index < -0.39 is 0 Å². The molecule has 0 radical (unpaired) electrons. The second kappa shape index (κ2) is 7.40. The quantitative estimate of drug-likeness (QED) is 0.875. The fourth-order valence-corrected chi connectivity index (χ4v) is 4.05. The van der Waals surface area contributed by atoms with Gasteiger partial charge in [-0.15, -0.1) is 0 Å². The van der Waals surface area contributed by atoms with Gasteiger partial charge in [-0.25, -0.2) is 0 Å². The Morgan fingerprint density at radius 2 is 2.21 bits per heavy atom. The van der Waals surface area contributed by atoms with Crippen molar-refractivity contribution in [1.82, 2.24) is 20.4 Å². The minimum Gasteiger partial charge on any atom is -0.343 e. The van der Waals surface area contributed by atoms with E-state index in [-0.39, 0.29) is 11.9 Å². The number of nitrogens with zero attached hydrogens (tertiary/aromatic N) is 2. The Bertz CT molecular complexity index is 726. The molecule has 1 atom stereocenters. The lowest BCUT2D eigenvalue weighted by atomic mass is 10.0. The van der Waals surface area contributed by atoms with Crippen LogP contribution in [0.15, 0.2) is 24.3 Å². The molecule has 0 bridgehead atoms. The number of rotatable bonds is 5. The third-order valence-electron chi connectivity index (χ3n) is 4.33. The summed E-state index contributed by atoms with van der Waals surface area (Å²) in [5.74, 6) is 1.87. The van der Waals surface area contributed by atoms with Gasteiger partial charge in [0.15, 0.2) is 5.69 Å². The van der Waals surface area contributed by atoms with E-state index in [4.69, 9.17) is 0 Å². The van der Waals surface area contributed by atoms with E-state index in [1.165, 1.54) is 5.56 Å². The predicted molar refractivity (Wildman–Crippen MR) is 98.4 cm³/mol. The molecule has 24 heavy (non-hydrogen) atoms. The molecule has 1 aromatic carbocycles. The third kappa shape index (κ3) is 3.65. The van der Waals surface area contributed by atoms with Crippen LogP contribution >= 0.6 is 11.8 Å². The van der Waals surface area contributed by atoms with Crippen LogP contribution in [0.5, 0.6) is 0 Å². The lowest BCUT2D eigenvalue weighted by Gasteiger charge is -2.24. The number of H-pyrrole nitrogens is 1. The molecule has 2 aromatic rings. The molecule has 1 unspecified atom stereocenters. The van der Waals surface area contributed by atoms with Gasteiger partial charge in [-0.3, -0.25) is 9.89 Å². The molecule has 0 fully saturated rings. The molecule has 1 aromatic heterocycles. The molecule has 3 rings (SSSR count). The number of aryl methyl sites for hydroxylation is 1. The second-order valence-corrected chi connectivity index (χ2v) is 7.58. The second-order valence-electron chi connectivity index (χ2n) is 6.48. The molecule has 2 heterocycles. The van der Waals surface area contributed by atoms with Gasteiger partial charge in [0.25, 0.3) is 5.91 Å². The summed E-state index contributed by atoms with van der Waals surface area (Å²) in [5, 5.41) is 10.5. The maximum absolute atomic E-state index is 12.8. The topological polar surface area (TPSA) is 61.0 Å². The van der Waals surface area contributed by atoms with Gasteiger partial charge in [-0.05, 0) is 44.3 Å². The zero-order valence-corrected chi connectivity index (χ0v) is 15.2. The summed E-state index contributed by atoms with van der Waals surface area (Å²) >= 11 is 1.87. The maximum Gasteiger partial charge on any atom is 0.272 e. The standard InChI is InChI=1S/C18H24N4OS/c1-12-6-4-5-7-13(12)15(10-22(2)3)19-18(23)17-14-8-9-24-11-16(14)20-21-17/h4-7,15H,8-11H2,1-3H3,(H,19,23)(H,20,21). The van der Waals surface area contributed by atoms with Gasteiger partial charge in [0.05, 0.1) is 6.04 Å². The van der Waals surface area contributed by atoms with Crippen molar-refractivity contribution in [3.8, 4) is 0 Å². The van der Waals surface area contributed by atoms with Gasteiger partial charge in [0, 0.05) is 23.6 Å². The maximum atomic E-state index is 12.8. The van der Waals surface area contributed by atoms with Gasteiger partial charge in [0.2, 0.25) is 0 Å². The number of likely N-dealkylation sites (N-methyl/N-ethyl adjacent to an activating group) is 1. The smallest absolute Gasteiger partial charge is 0.272 e. The highest BCUT2D eigenvalue weighted by atomic mass is 32.2. The number of nitrogens with one attached hydrogen (secondary N) is 2. The van der Waals surface area contributed by atoms with Crippen molar-refractivity contribution in [3.05, 3.63) is 52.3 Å². The Morgan fingerprint density at radius 3 is 2.96 bits per heavy atom. The van der Waals surface area contributed by atoms with Crippen LogP contribution in [0, 0.1) is 6.92 Å². The lowest BCUT2D eigenvalue weighted by molar-refractivity contribution is 0.0924. The highest BCUT2D eigenvalue weighted by molar-refractivity contribution is 7.98. The first kappa shape index (κ1) is 17.0. The van der Waals surface area contributed by atoms with Crippen molar-refractivity contribution in [1.29, 1.82) is 0 Å². The average molecular weight is 344 g/mol. The van der Waals surface area contributed by atoms with Crippen molar-refractivity contribution in [2.75, 3.05) is 26.4 Å². The van der Waals surface area contributed by atoms with Gasteiger partial charge in [0.1, 0.15) is 0 Å². The molecule has 1 amide bonds. The molecule has 128 valence electrons. The number of hydrogen-bond donors (Lipinski definition) is 2. The van der Waals surface area contributed by atoms with Gasteiger partial charge < -0.3 is 10.2 Å². The molecule has 0 spiro atoms. The van der Waals surface area contributed by atoms with Crippen molar-refractivity contribution >= 4 is 17.7 Å². The summed E-state index contributed by atoms with van der Waals surface area (Å²) in [6.07, 6.45) is 0.905. The fraction of sp³-hybridized carbons (Fsp3) is 0.444. The summed E-state index contributed by atoms with van der Waals surface area (Å²) in [4.78, 5) is 14.9. The van der Waals surface area contributed by atoms with E-state index in [1.807, 2.05) is 38.0 Å². The SMILES string of the molecule is Cc1ccccc1C(CN(C)C)NC(=O)c1n[nH]c2c1CCSC2. The molecular formula is C18H24N4OS. The molecular weight excluding hydrogens is 320 g/mol. The number of carbonyl (C=O) groups excluding carboxylic acids is 1. The molecule has 2 N–H and O–H groups in total. The van der Waals surface area contributed by atoms with Crippen LogP contribution in [0.2, 0.25) is 0 Å². The summed E-state index contributed by atoms with van der Waals surface area (Å²) < 4.78 is 0. The lowest BCUT2D eigenvalue weighted by Crippen LogP contribution is -2.36. The molecule has 0 saturated carbocycles. The van der Waals surface area contributed by atoms with Crippen LogP contribution in [-0.4, -0.2) is 47.4 Å². The first-order valence-corrected chi connectivity index (χ1v) is 9.36. The summed E-state index contributed by atoms with van der Waals surface area (Å²) in [7, 11) is 4.04. The number of benzene rings is 1. The van der Waals surface area contributed by atoms with E-state index in [1.54, 1.807) is 0 Å². The minimum absolute atomic E-state index is 0.0565. The molecule has 5 nitrogen and oxygen atoms in total. The van der Waals surface area contributed by atoms with Crippen LogP contribution in [-0.2, 0) is 12.2 Å². The van der Waals surface area contributed by atoms with E-state index >= 15 is 0 Å². The molecule has 1 aliphatic rings. The third-order valence-corrected chi connectivity index (χ3v) is 5.31. The number of thioether (sulfide) groups is 1. The van der Waals surface area contributed by atoms with Gasteiger partial charge >= 0.3 is 0 Å². The van der Waals surface area contributed by atoms with Crippen molar-refractivity contribution < 1.29 is 4.79 Å². The first-order chi connectivity index (χ1) is 11.6. The van der Waals surface area contributed by atoms with Crippen LogP contribution in [0.1, 0.15) is 38.9 Å². The molecule has 6 heteroatoms. The summed E-state index contributed by atoms with van der Waals surface area (Å²) in [5.41, 5.74) is 5.07. The van der Waals surface area contributed by atoms with Crippen molar-refractivity contribution in [3.63, 3.8) is 0 Å². The highest BCUT2D eigenvalue weighted by Crippen LogP contribution is 2.26. The number of fused-ring (bicyclic) bond motifs is 1. The van der Waals surface area contributed by atoms with Crippen LogP contribution in [0.4, 0.5) is 0 Å². The highest BCUT2D eigenvalue weighted by Gasteiger charge is 2.25. The monoisotopic (exact) mass is 344 g/mol. The van der Waals surface area contributed by atoms with Gasteiger partial charge in [-0.2, -0.15) is 16.9 Å².